The number of hydrogen-bond acceptors (Lipinski definition) is 6. The van der Waals surface area contributed by atoms with E-state index in [1.807, 2.05) is 25.1 Å². The van der Waals surface area contributed by atoms with Crippen LogP contribution in [0, 0.1) is 12.8 Å². The average molecular weight is 378 g/mol. The summed E-state index contributed by atoms with van der Waals surface area (Å²) in [7, 11) is 0. The summed E-state index contributed by atoms with van der Waals surface area (Å²) < 4.78 is 11.4. The van der Waals surface area contributed by atoms with Gasteiger partial charge in [-0.2, -0.15) is 0 Å². The zero-order valence-corrected chi connectivity index (χ0v) is 15.6. The summed E-state index contributed by atoms with van der Waals surface area (Å²) >= 11 is 0. The quantitative estimate of drug-likeness (QED) is 0.707. The molecule has 1 saturated heterocycles. The molecule has 1 aliphatic rings. The van der Waals surface area contributed by atoms with Crippen molar-refractivity contribution < 1.29 is 14.3 Å². The number of benzene rings is 1. The van der Waals surface area contributed by atoms with E-state index in [-0.39, 0.29) is 11.6 Å². The Morgan fingerprint density at radius 3 is 3.00 bits per heavy atom. The molecule has 0 spiro atoms. The van der Waals surface area contributed by atoms with Crippen molar-refractivity contribution in [2.45, 2.75) is 13.3 Å². The Balaban J connectivity index is 1.57. The summed E-state index contributed by atoms with van der Waals surface area (Å²) in [6, 6.07) is 8.99. The number of carbonyl (C=O) groups is 1. The smallest absolute Gasteiger partial charge is 0.276 e. The van der Waals surface area contributed by atoms with Gasteiger partial charge in [-0.3, -0.25) is 4.79 Å². The number of ether oxygens (including phenoxy) is 2. The van der Waals surface area contributed by atoms with Gasteiger partial charge >= 0.3 is 0 Å². The summed E-state index contributed by atoms with van der Waals surface area (Å²) in [6.45, 7) is 4.09. The molecule has 1 aromatic carbocycles. The molecule has 1 amide bonds. The first-order valence-corrected chi connectivity index (χ1v) is 9.23. The number of pyridine rings is 2. The molecule has 1 atom stereocenters. The molecule has 3 heterocycles. The maximum absolute atomic E-state index is 12.5. The Labute approximate surface area is 162 Å². The summed E-state index contributed by atoms with van der Waals surface area (Å²) in [5, 5.41) is 4.74. The number of nitrogen functional groups attached to an aromatic ring is 1. The first-order chi connectivity index (χ1) is 13.6. The third-order valence-corrected chi connectivity index (χ3v) is 4.84. The number of nitrogens with two attached hydrogens (primary N) is 1. The third kappa shape index (κ3) is 3.75. The summed E-state index contributed by atoms with van der Waals surface area (Å²) in [4.78, 5) is 21.0. The van der Waals surface area contributed by atoms with Crippen molar-refractivity contribution in [3.63, 3.8) is 0 Å². The number of fused-ring (bicyclic) bond motifs is 1. The standard InChI is InChI=1S/C21H22N4O3/c1-13-10-24-21(28-12-14-6-8-27-11-14)16-5-4-15(9-17(13)16)25-20(26)19-18(22)3-2-7-23-19/h2-5,7,9-10,14H,6,8,11-12,22H2,1H3,(H,25,26). The Morgan fingerprint density at radius 1 is 1.32 bits per heavy atom. The van der Waals surface area contributed by atoms with E-state index in [0.717, 1.165) is 36.0 Å². The van der Waals surface area contributed by atoms with Crippen molar-refractivity contribution in [2.24, 2.45) is 5.92 Å². The minimum atomic E-state index is -0.345. The van der Waals surface area contributed by atoms with E-state index < -0.39 is 0 Å². The number of anilines is 2. The van der Waals surface area contributed by atoms with Gasteiger partial charge in [0, 0.05) is 36.0 Å². The second-order valence-electron chi connectivity index (χ2n) is 6.94. The number of amides is 1. The zero-order chi connectivity index (χ0) is 19.5. The number of nitrogens with one attached hydrogen (secondary N) is 1. The predicted octanol–water partition coefficient (Wildman–Crippen LogP) is 3.19. The minimum Gasteiger partial charge on any atom is -0.477 e. The van der Waals surface area contributed by atoms with E-state index in [9.17, 15) is 4.79 Å². The van der Waals surface area contributed by atoms with Crippen LogP contribution in [0.3, 0.4) is 0 Å². The Bertz CT molecular complexity index is 1020. The van der Waals surface area contributed by atoms with Crippen LogP contribution >= 0.6 is 0 Å². The van der Waals surface area contributed by atoms with Crippen LogP contribution in [0.15, 0.2) is 42.7 Å². The third-order valence-electron chi connectivity index (χ3n) is 4.84. The van der Waals surface area contributed by atoms with Crippen LogP contribution in [0.4, 0.5) is 11.4 Å². The Kier molecular flexibility index (Phi) is 5.08. The zero-order valence-electron chi connectivity index (χ0n) is 15.6. The van der Waals surface area contributed by atoms with E-state index in [2.05, 4.69) is 15.3 Å². The van der Waals surface area contributed by atoms with Crippen LogP contribution in [-0.2, 0) is 4.74 Å². The summed E-state index contributed by atoms with van der Waals surface area (Å²) in [6.07, 6.45) is 4.34. The Morgan fingerprint density at radius 2 is 2.21 bits per heavy atom. The fourth-order valence-corrected chi connectivity index (χ4v) is 3.25. The van der Waals surface area contributed by atoms with Crippen LogP contribution in [0.25, 0.3) is 10.8 Å². The molecule has 0 bridgehead atoms. The summed E-state index contributed by atoms with van der Waals surface area (Å²) in [5.41, 5.74) is 8.04. The van der Waals surface area contributed by atoms with E-state index in [1.165, 1.54) is 0 Å². The lowest BCUT2D eigenvalue weighted by Gasteiger charge is -2.14. The SMILES string of the molecule is Cc1cnc(OCC2CCOC2)c2ccc(NC(=O)c3ncccc3N)cc12. The summed E-state index contributed by atoms with van der Waals surface area (Å²) in [5.74, 6) is 0.654. The predicted molar refractivity (Wildman–Crippen MR) is 108 cm³/mol. The van der Waals surface area contributed by atoms with E-state index in [1.54, 1.807) is 24.5 Å². The second kappa shape index (κ2) is 7.82. The fraction of sp³-hybridized carbons (Fsp3) is 0.286. The monoisotopic (exact) mass is 378 g/mol. The number of rotatable bonds is 5. The van der Waals surface area contributed by atoms with Crippen LogP contribution in [0.5, 0.6) is 5.88 Å². The van der Waals surface area contributed by atoms with Crippen molar-refractivity contribution in [1.29, 1.82) is 0 Å². The van der Waals surface area contributed by atoms with Crippen molar-refractivity contribution >= 4 is 28.1 Å². The van der Waals surface area contributed by atoms with Gasteiger partial charge in [0.1, 0.15) is 0 Å². The highest BCUT2D eigenvalue weighted by Gasteiger charge is 2.18. The number of aromatic nitrogens is 2. The van der Waals surface area contributed by atoms with Crippen LogP contribution < -0.4 is 15.8 Å². The molecule has 4 rings (SSSR count). The normalized spacial score (nSPS) is 16.2. The molecule has 7 nitrogen and oxygen atoms in total. The molecule has 0 radical (unpaired) electrons. The van der Waals surface area contributed by atoms with Gasteiger partial charge in [0.05, 0.1) is 18.9 Å². The number of hydrogen-bond donors (Lipinski definition) is 2. The molecule has 3 aromatic rings. The van der Waals surface area contributed by atoms with Gasteiger partial charge in [0.2, 0.25) is 5.88 Å². The molecule has 28 heavy (non-hydrogen) atoms. The molecule has 144 valence electrons. The highest BCUT2D eigenvalue weighted by Crippen LogP contribution is 2.29. The van der Waals surface area contributed by atoms with Crippen LogP contribution in [-0.4, -0.2) is 35.7 Å². The van der Waals surface area contributed by atoms with Gasteiger partial charge in [-0.1, -0.05) is 0 Å². The average Bonchev–Trinajstić information content (AvgIpc) is 3.22. The largest absolute Gasteiger partial charge is 0.477 e. The molecule has 7 heteroatoms. The maximum atomic E-state index is 12.5. The lowest BCUT2D eigenvalue weighted by atomic mass is 10.1. The first kappa shape index (κ1) is 18.2. The van der Waals surface area contributed by atoms with Crippen molar-refractivity contribution in [3.05, 3.63) is 54.0 Å². The van der Waals surface area contributed by atoms with Crippen molar-refractivity contribution in [2.75, 3.05) is 30.9 Å². The highest BCUT2D eigenvalue weighted by molar-refractivity contribution is 6.07. The fourth-order valence-electron chi connectivity index (χ4n) is 3.25. The molecule has 3 N–H and O–H groups in total. The van der Waals surface area contributed by atoms with Gasteiger partial charge in [-0.05, 0) is 54.6 Å². The number of aryl methyl sites for hydroxylation is 1. The van der Waals surface area contributed by atoms with Gasteiger partial charge < -0.3 is 20.5 Å². The topological polar surface area (TPSA) is 99.4 Å². The molecule has 0 aliphatic carbocycles. The molecule has 1 unspecified atom stereocenters. The van der Waals surface area contributed by atoms with Gasteiger partial charge in [0.15, 0.2) is 5.69 Å². The van der Waals surface area contributed by atoms with E-state index >= 15 is 0 Å². The van der Waals surface area contributed by atoms with E-state index in [0.29, 0.717) is 29.8 Å². The van der Waals surface area contributed by atoms with Crippen LogP contribution in [0.1, 0.15) is 22.5 Å². The minimum absolute atomic E-state index is 0.205. The maximum Gasteiger partial charge on any atom is 0.276 e. The van der Waals surface area contributed by atoms with Crippen molar-refractivity contribution in [1.82, 2.24) is 9.97 Å². The van der Waals surface area contributed by atoms with Crippen molar-refractivity contribution in [3.8, 4) is 5.88 Å². The van der Waals surface area contributed by atoms with Gasteiger partial charge in [0.25, 0.3) is 5.91 Å². The molecule has 1 aliphatic heterocycles. The van der Waals surface area contributed by atoms with Gasteiger partial charge in [-0.15, -0.1) is 0 Å². The lowest BCUT2D eigenvalue weighted by Crippen LogP contribution is -2.15. The first-order valence-electron chi connectivity index (χ1n) is 9.23. The highest BCUT2D eigenvalue weighted by atomic mass is 16.5. The molecule has 0 saturated carbocycles. The molecular formula is C21H22N4O3. The van der Waals surface area contributed by atoms with E-state index in [4.69, 9.17) is 15.2 Å². The molecular weight excluding hydrogens is 356 g/mol. The number of nitrogens with zero attached hydrogens (tertiary/aromatic N) is 2. The Hall–Kier alpha value is -3.19. The van der Waals surface area contributed by atoms with Gasteiger partial charge in [-0.25, -0.2) is 9.97 Å². The molecule has 2 aromatic heterocycles. The van der Waals surface area contributed by atoms with Crippen LogP contribution in [0.2, 0.25) is 0 Å². The lowest BCUT2D eigenvalue weighted by molar-refractivity contribution is 0.102. The second-order valence-corrected chi connectivity index (χ2v) is 6.94. The molecule has 1 fully saturated rings. The number of carbonyl (C=O) groups excluding carboxylic acids is 1.